The Morgan fingerprint density at radius 1 is 1.27 bits per heavy atom. The highest BCUT2D eigenvalue weighted by molar-refractivity contribution is 6.28. The summed E-state index contributed by atoms with van der Waals surface area (Å²) in [5.74, 6) is 0.281. The molecule has 0 aliphatic carbocycles. The van der Waals surface area contributed by atoms with Crippen molar-refractivity contribution in [3.8, 4) is 0 Å². The summed E-state index contributed by atoms with van der Waals surface area (Å²) in [7, 11) is 0. The van der Waals surface area contributed by atoms with Gasteiger partial charge in [-0.2, -0.15) is 4.98 Å². The summed E-state index contributed by atoms with van der Waals surface area (Å²) in [4.78, 5) is 17.0. The molecular weight excluding hydrogens is 305 g/mol. The van der Waals surface area contributed by atoms with Crippen LogP contribution >= 0.6 is 11.6 Å². The SMILES string of the molecule is CC.Cc1[nH]cnc1C1CCN(c2nc(Cl)ncc2F)CC1. The van der Waals surface area contributed by atoms with E-state index in [-0.39, 0.29) is 5.28 Å². The number of halogens is 2. The smallest absolute Gasteiger partial charge is 0.224 e. The number of imidazole rings is 1. The molecule has 0 saturated carbocycles. The number of anilines is 1. The highest BCUT2D eigenvalue weighted by atomic mass is 35.5. The summed E-state index contributed by atoms with van der Waals surface area (Å²) in [5, 5.41) is 0.0756. The van der Waals surface area contributed by atoms with Crippen molar-refractivity contribution in [2.24, 2.45) is 0 Å². The molecule has 3 rings (SSSR count). The van der Waals surface area contributed by atoms with Crippen molar-refractivity contribution in [2.75, 3.05) is 18.0 Å². The van der Waals surface area contributed by atoms with Gasteiger partial charge in [-0.3, -0.25) is 0 Å². The van der Waals surface area contributed by atoms with Crippen molar-refractivity contribution in [1.82, 2.24) is 19.9 Å². The molecule has 0 bridgehead atoms. The molecule has 2 aromatic heterocycles. The summed E-state index contributed by atoms with van der Waals surface area (Å²) >= 11 is 5.74. The molecule has 0 unspecified atom stereocenters. The van der Waals surface area contributed by atoms with Crippen LogP contribution in [0.4, 0.5) is 10.2 Å². The molecule has 0 atom stereocenters. The number of rotatable bonds is 2. The maximum atomic E-state index is 13.7. The molecule has 1 aliphatic heterocycles. The lowest BCUT2D eigenvalue weighted by molar-refractivity contribution is 0.484. The van der Waals surface area contributed by atoms with Crippen LogP contribution in [0.15, 0.2) is 12.5 Å². The predicted molar refractivity (Wildman–Crippen MR) is 85.9 cm³/mol. The minimum Gasteiger partial charge on any atom is -0.354 e. The van der Waals surface area contributed by atoms with Gasteiger partial charge >= 0.3 is 0 Å². The Balaban J connectivity index is 0.000000847. The second-order valence-corrected chi connectivity index (χ2v) is 5.32. The Hall–Kier alpha value is -1.69. The molecule has 1 N–H and O–H groups in total. The average molecular weight is 326 g/mol. The first kappa shape index (κ1) is 16.7. The molecule has 22 heavy (non-hydrogen) atoms. The molecule has 120 valence electrons. The molecule has 1 saturated heterocycles. The van der Waals surface area contributed by atoms with E-state index in [0.29, 0.717) is 11.7 Å². The molecule has 0 amide bonds. The number of aromatic nitrogens is 4. The normalized spacial score (nSPS) is 15.4. The van der Waals surface area contributed by atoms with E-state index < -0.39 is 5.82 Å². The highest BCUT2D eigenvalue weighted by Crippen LogP contribution is 2.30. The Bertz CT molecular complexity index is 608. The lowest BCUT2D eigenvalue weighted by Crippen LogP contribution is -2.34. The van der Waals surface area contributed by atoms with E-state index in [0.717, 1.165) is 43.5 Å². The molecule has 1 fully saturated rings. The summed E-state index contributed by atoms with van der Waals surface area (Å²) in [5.41, 5.74) is 2.23. The molecule has 3 heterocycles. The van der Waals surface area contributed by atoms with Crippen molar-refractivity contribution in [3.05, 3.63) is 35.0 Å². The number of aromatic amines is 1. The molecular formula is C15H21ClFN5. The molecule has 5 nitrogen and oxygen atoms in total. The Morgan fingerprint density at radius 2 is 1.95 bits per heavy atom. The van der Waals surface area contributed by atoms with Gasteiger partial charge in [0.1, 0.15) is 0 Å². The van der Waals surface area contributed by atoms with Crippen molar-refractivity contribution in [2.45, 2.75) is 39.5 Å². The van der Waals surface area contributed by atoms with Crippen molar-refractivity contribution >= 4 is 17.4 Å². The van der Waals surface area contributed by atoms with Gasteiger partial charge in [0.25, 0.3) is 0 Å². The van der Waals surface area contributed by atoms with Crippen LogP contribution in [-0.4, -0.2) is 33.0 Å². The Morgan fingerprint density at radius 3 is 2.55 bits per heavy atom. The Labute approximate surface area is 135 Å². The Kier molecular flexibility index (Phi) is 5.71. The molecule has 2 aromatic rings. The molecule has 7 heteroatoms. The van der Waals surface area contributed by atoms with Gasteiger partial charge in [0.15, 0.2) is 11.6 Å². The lowest BCUT2D eigenvalue weighted by atomic mass is 9.92. The van der Waals surface area contributed by atoms with E-state index in [4.69, 9.17) is 11.6 Å². The average Bonchev–Trinajstić information content (AvgIpc) is 2.98. The number of nitrogens with zero attached hydrogens (tertiary/aromatic N) is 4. The number of aryl methyl sites for hydroxylation is 1. The van der Waals surface area contributed by atoms with Crippen LogP contribution in [0.3, 0.4) is 0 Å². The van der Waals surface area contributed by atoms with Gasteiger partial charge in [-0.15, -0.1) is 0 Å². The molecule has 0 spiro atoms. The van der Waals surface area contributed by atoms with Gasteiger partial charge in [-0.25, -0.2) is 14.4 Å². The minimum absolute atomic E-state index is 0.0756. The van der Waals surface area contributed by atoms with Crippen LogP contribution in [0.2, 0.25) is 5.28 Å². The van der Waals surface area contributed by atoms with Crippen LogP contribution in [-0.2, 0) is 0 Å². The van der Waals surface area contributed by atoms with E-state index >= 15 is 0 Å². The topological polar surface area (TPSA) is 57.7 Å². The quantitative estimate of drug-likeness (QED) is 0.855. The van der Waals surface area contributed by atoms with Crippen molar-refractivity contribution < 1.29 is 4.39 Å². The highest BCUT2D eigenvalue weighted by Gasteiger charge is 2.25. The number of H-pyrrole nitrogens is 1. The van der Waals surface area contributed by atoms with Gasteiger partial charge in [-0.1, -0.05) is 13.8 Å². The van der Waals surface area contributed by atoms with Crippen LogP contribution < -0.4 is 4.90 Å². The van der Waals surface area contributed by atoms with Crippen molar-refractivity contribution in [1.29, 1.82) is 0 Å². The largest absolute Gasteiger partial charge is 0.354 e. The fourth-order valence-electron chi connectivity index (χ4n) is 2.70. The van der Waals surface area contributed by atoms with E-state index in [1.165, 1.54) is 0 Å². The van der Waals surface area contributed by atoms with Gasteiger partial charge in [-0.05, 0) is 31.4 Å². The predicted octanol–water partition coefficient (Wildman–Crippen LogP) is 3.71. The van der Waals surface area contributed by atoms with Crippen LogP contribution in [0, 0.1) is 12.7 Å². The van der Waals surface area contributed by atoms with Gasteiger partial charge in [0.05, 0.1) is 18.2 Å². The fourth-order valence-corrected chi connectivity index (χ4v) is 2.83. The van der Waals surface area contributed by atoms with Gasteiger partial charge in [0, 0.05) is 24.7 Å². The summed E-state index contributed by atoms with van der Waals surface area (Å²) in [6.07, 6.45) is 4.69. The maximum Gasteiger partial charge on any atom is 0.224 e. The first-order valence-corrected chi connectivity index (χ1v) is 7.96. The maximum absolute atomic E-state index is 13.7. The van der Waals surface area contributed by atoms with Crippen LogP contribution in [0.25, 0.3) is 0 Å². The minimum atomic E-state index is -0.427. The fraction of sp³-hybridized carbons (Fsp3) is 0.533. The lowest BCUT2D eigenvalue weighted by Gasteiger charge is -2.32. The van der Waals surface area contributed by atoms with Crippen molar-refractivity contribution in [3.63, 3.8) is 0 Å². The molecule has 1 aliphatic rings. The number of hydrogen-bond donors (Lipinski definition) is 1. The number of nitrogens with one attached hydrogen (secondary N) is 1. The number of hydrogen-bond acceptors (Lipinski definition) is 4. The zero-order chi connectivity index (χ0) is 16.1. The summed E-state index contributed by atoms with van der Waals surface area (Å²) in [6, 6.07) is 0. The van der Waals surface area contributed by atoms with E-state index in [2.05, 4.69) is 19.9 Å². The molecule has 0 aromatic carbocycles. The van der Waals surface area contributed by atoms with E-state index in [9.17, 15) is 4.39 Å². The second-order valence-electron chi connectivity index (χ2n) is 4.98. The zero-order valence-corrected chi connectivity index (χ0v) is 13.9. The summed E-state index contributed by atoms with van der Waals surface area (Å²) < 4.78 is 13.7. The zero-order valence-electron chi connectivity index (χ0n) is 13.1. The second kappa shape index (κ2) is 7.54. The monoisotopic (exact) mass is 325 g/mol. The first-order chi connectivity index (χ1) is 10.6. The van der Waals surface area contributed by atoms with E-state index in [1.807, 2.05) is 25.7 Å². The van der Waals surface area contributed by atoms with Crippen LogP contribution in [0.1, 0.15) is 44.0 Å². The number of piperidine rings is 1. The van der Waals surface area contributed by atoms with Crippen LogP contribution in [0.5, 0.6) is 0 Å². The first-order valence-electron chi connectivity index (χ1n) is 7.58. The third kappa shape index (κ3) is 3.55. The third-order valence-electron chi connectivity index (χ3n) is 3.75. The summed E-state index contributed by atoms with van der Waals surface area (Å²) in [6.45, 7) is 7.50. The van der Waals surface area contributed by atoms with E-state index in [1.54, 1.807) is 6.33 Å². The van der Waals surface area contributed by atoms with Gasteiger partial charge < -0.3 is 9.88 Å². The standard InChI is InChI=1S/C13H15ClFN5.C2H6/c1-8-11(18-7-17-8)9-2-4-20(5-3-9)12-10(15)6-16-13(14)19-12;1-2/h6-7,9H,2-5H2,1H3,(H,17,18);1-2H3. The third-order valence-corrected chi connectivity index (χ3v) is 3.93. The molecule has 0 radical (unpaired) electrons. The van der Waals surface area contributed by atoms with Gasteiger partial charge in [0.2, 0.25) is 5.28 Å².